The highest BCUT2D eigenvalue weighted by molar-refractivity contribution is 6.04. The molecule has 166 valence electrons. The summed E-state index contributed by atoms with van der Waals surface area (Å²) in [6.07, 6.45) is 11.3. The first-order valence-electron chi connectivity index (χ1n) is 10.9. The fourth-order valence-electron chi connectivity index (χ4n) is 3.69. The first-order chi connectivity index (χ1) is 16.2. The molecule has 0 aliphatic heterocycles. The molecule has 1 amide bonds. The summed E-state index contributed by atoms with van der Waals surface area (Å²) in [6, 6.07) is 14.5. The monoisotopic (exact) mass is 441 g/mol. The van der Waals surface area contributed by atoms with Crippen LogP contribution in [0.5, 0.6) is 5.88 Å². The van der Waals surface area contributed by atoms with Crippen LogP contribution in [-0.2, 0) is 0 Å². The van der Waals surface area contributed by atoms with E-state index in [0.717, 1.165) is 18.5 Å². The minimum Gasteiger partial charge on any atom is -0.474 e. The summed E-state index contributed by atoms with van der Waals surface area (Å²) in [6.45, 7) is 0. The average Bonchev–Trinajstić information content (AvgIpc) is 3.56. The van der Waals surface area contributed by atoms with Gasteiger partial charge in [-0.25, -0.2) is 19.6 Å². The predicted molar refractivity (Wildman–Crippen MR) is 124 cm³/mol. The summed E-state index contributed by atoms with van der Waals surface area (Å²) < 4.78 is 7.52. The molecule has 3 heterocycles. The lowest BCUT2D eigenvalue weighted by molar-refractivity contribution is 0.102. The average molecular weight is 441 g/mol. The number of amides is 1. The third-order valence-corrected chi connectivity index (χ3v) is 5.40. The van der Waals surface area contributed by atoms with Crippen LogP contribution in [0.15, 0.2) is 73.4 Å². The predicted octanol–water partition coefficient (Wildman–Crippen LogP) is 4.37. The molecule has 0 bridgehead atoms. The second-order valence-electron chi connectivity index (χ2n) is 7.78. The summed E-state index contributed by atoms with van der Waals surface area (Å²) in [5.41, 5.74) is 1.98. The van der Waals surface area contributed by atoms with Crippen molar-refractivity contribution in [3.8, 4) is 11.7 Å². The Morgan fingerprint density at radius 2 is 1.82 bits per heavy atom. The summed E-state index contributed by atoms with van der Waals surface area (Å²) in [4.78, 5) is 25.3. The number of hydrogen-bond acceptors (Lipinski definition) is 7. The molecule has 0 spiro atoms. The zero-order valence-corrected chi connectivity index (χ0v) is 17.9. The van der Waals surface area contributed by atoms with E-state index < -0.39 is 0 Å². The van der Waals surface area contributed by atoms with Crippen LogP contribution < -0.4 is 15.4 Å². The molecule has 9 heteroatoms. The number of carbonyl (C=O) groups is 1. The molecule has 1 fully saturated rings. The van der Waals surface area contributed by atoms with Crippen LogP contribution in [-0.4, -0.2) is 36.7 Å². The number of pyridine rings is 1. The van der Waals surface area contributed by atoms with E-state index in [9.17, 15) is 4.79 Å². The van der Waals surface area contributed by atoms with Gasteiger partial charge >= 0.3 is 0 Å². The Kier molecular flexibility index (Phi) is 5.92. The quantitative estimate of drug-likeness (QED) is 0.438. The van der Waals surface area contributed by atoms with Gasteiger partial charge in [0.25, 0.3) is 5.91 Å². The zero-order chi connectivity index (χ0) is 22.5. The fraction of sp³-hybridized carbons (Fsp3) is 0.208. The molecule has 1 aliphatic rings. The van der Waals surface area contributed by atoms with Crippen LogP contribution in [0.2, 0.25) is 0 Å². The number of nitrogens with one attached hydrogen (secondary N) is 2. The maximum atomic E-state index is 12.6. The molecular weight excluding hydrogens is 418 g/mol. The Hall–Kier alpha value is -4.27. The van der Waals surface area contributed by atoms with Gasteiger partial charge in [0.05, 0.1) is 5.56 Å². The minimum atomic E-state index is -0.227. The molecule has 9 nitrogen and oxygen atoms in total. The number of anilines is 3. The van der Waals surface area contributed by atoms with Crippen molar-refractivity contribution >= 4 is 23.1 Å². The molecule has 0 saturated heterocycles. The minimum absolute atomic E-state index is 0.227. The Morgan fingerprint density at radius 1 is 1.00 bits per heavy atom. The molecule has 4 aromatic rings. The van der Waals surface area contributed by atoms with E-state index in [2.05, 4.69) is 30.7 Å². The van der Waals surface area contributed by atoms with Gasteiger partial charge in [-0.15, -0.1) is 0 Å². The molecule has 33 heavy (non-hydrogen) atoms. The summed E-state index contributed by atoms with van der Waals surface area (Å²) in [5, 5.41) is 10.3. The molecule has 0 radical (unpaired) electrons. The molecule has 5 rings (SSSR count). The van der Waals surface area contributed by atoms with Crippen molar-refractivity contribution in [1.29, 1.82) is 0 Å². The third-order valence-electron chi connectivity index (χ3n) is 5.40. The van der Waals surface area contributed by atoms with Gasteiger partial charge in [-0.1, -0.05) is 0 Å². The fourth-order valence-corrected chi connectivity index (χ4v) is 3.69. The van der Waals surface area contributed by atoms with E-state index in [-0.39, 0.29) is 12.0 Å². The van der Waals surface area contributed by atoms with Crippen LogP contribution in [0, 0.1) is 0 Å². The van der Waals surface area contributed by atoms with E-state index in [0.29, 0.717) is 28.8 Å². The van der Waals surface area contributed by atoms with E-state index in [1.165, 1.54) is 19.2 Å². The summed E-state index contributed by atoms with van der Waals surface area (Å²) >= 11 is 0. The van der Waals surface area contributed by atoms with Gasteiger partial charge in [0.1, 0.15) is 18.2 Å². The lowest BCUT2D eigenvalue weighted by Crippen LogP contribution is -2.14. The molecule has 3 aromatic heterocycles. The largest absolute Gasteiger partial charge is 0.474 e. The Bertz CT molecular complexity index is 1200. The highest BCUT2D eigenvalue weighted by Gasteiger charge is 2.17. The molecule has 0 atom stereocenters. The lowest BCUT2D eigenvalue weighted by atomic mass is 10.2. The smallest absolute Gasteiger partial charge is 0.257 e. The first kappa shape index (κ1) is 20.6. The molecule has 2 N–H and O–H groups in total. The van der Waals surface area contributed by atoms with Gasteiger partial charge in [0.15, 0.2) is 5.82 Å². The van der Waals surface area contributed by atoms with Crippen LogP contribution in [0.1, 0.15) is 36.0 Å². The zero-order valence-electron chi connectivity index (χ0n) is 17.9. The van der Waals surface area contributed by atoms with Crippen molar-refractivity contribution in [1.82, 2.24) is 24.7 Å². The topological polar surface area (TPSA) is 107 Å². The Labute approximate surface area is 190 Å². The number of ether oxygens (including phenoxy) is 1. The highest BCUT2D eigenvalue weighted by atomic mass is 16.5. The van der Waals surface area contributed by atoms with Gasteiger partial charge in [-0.2, -0.15) is 5.10 Å². The van der Waals surface area contributed by atoms with Crippen molar-refractivity contribution in [2.45, 2.75) is 31.8 Å². The van der Waals surface area contributed by atoms with E-state index >= 15 is 0 Å². The molecule has 1 saturated carbocycles. The number of aromatic nitrogens is 5. The van der Waals surface area contributed by atoms with Gasteiger partial charge in [0.2, 0.25) is 5.88 Å². The van der Waals surface area contributed by atoms with Crippen molar-refractivity contribution in [3.63, 3.8) is 0 Å². The second-order valence-corrected chi connectivity index (χ2v) is 7.78. The Balaban J connectivity index is 1.18. The highest BCUT2D eigenvalue weighted by Crippen LogP contribution is 2.23. The van der Waals surface area contributed by atoms with Gasteiger partial charge in [0, 0.05) is 42.1 Å². The number of carbonyl (C=O) groups excluding carboxylic acids is 1. The van der Waals surface area contributed by atoms with Crippen LogP contribution >= 0.6 is 0 Å². The third kappa shape index (κ3) is 5.15. The number of hydrogen-bond donors (Lipinski definition) is 2. The number of benzene rings is 1. The maximum absolute atomic E-state index is 12.6. The maximum Gasteiger partial charge on any atom is 0.257 e. The first-order valence-corrected chi connectivity index (χ1v) is 10.9. The van der Waals surface area contributed by atoms with Crippen LogP contribution in [0.25, 0.3) is 5.82 Å². The number of nitrogens with zero attached hydrogens (tertiary/aromatic N) is 5. The normalized spacial score (nSPS) is 13.6. The lowest BCUT2D eigenvalue weighted by Gasteiger charge is -2.12. The second kappa shape index (κ2) is 9.47. The number of rotatable bonds is 7. The van der Waals surface area contributed by atoms with E-state index in [4.69, 9.17) is 4.74 Å². The summed E-state index contributed by atoms with van der Waals surface area (Å²) in [7, 11) is 0. The van der Waals surface area contributed by atoms with Gasteiger partial charge in [-0.05, 0) is 62.1 Å². The van der Waals surface area contributed by atoms with E-state index in [1.807, 2.05) is 36.5 Å². The van der Waals surface area contributed by atoms with Crippen molar-refractivity contribution in [3.05, 3.63) is 79.0 Å². The van der Waals surface area contributed by atoms with Crippen LogP contribution in [0.4, 0.5) is 17.2 Å². The summed E-state index contributed by atoms with van der Waals surface area (Å²) in [5.74, 6) is 1.64. The molecule has 1 aliphatic carbocycles. The van der Waals surface area contributed by atoms with Crippen molar-refractivity contribution in [2.24, 2.45) is 0 Å². The molecule has 1 aromatic carbocycles. The SMILES string of the molecule is O=C(Nc1ccc(Nc2cc(-n3cccn3)ncn2)cc1)c1ccc(OC2CCCC2)nc1. The molecular formula is C24H23N7O2. The standard InChI is InChI=1S/C24H23N7O2/c32-24(17-6-11-23(25-15-17)33-20-4-1-2-5-20)30-19-9-7-18(8-10-19)29-21-14-22(27-16-26-21)31-13-3-12-28-31/h3,6-16,20H,1-2,4-5H2,(H,30,32)(H,26,27,29). The van der Waals surface area contributed by atoms with Gasteiger partial charge in [-0.3, -0.25) is 4.79 Å². The van der Waals surface area contributed by atoms with E-state index in [1.54, 1.807) is 35.3 Å². The van der Waals surface area contributed by atoms with Crippen molar-refractivity contribution in [2.75, 3.05) is 10.6 Å². The Morgan fingerprint density at radius 3 is 2.55 bits per heavy atom. The molecule has 0 unspecified atom stereocenters. The van der Waals surface area contributed by atoms with Crippen LogP contribution in [0.3, 0.4) is 0 Å². The van der Waals surface area contributed by atoms with Crippen molar-refractivity contribution < 1.29 is 9.53 Å². The van der Waals surface area contributed by atoms with Gasteiger partial charge < -0.3 is 15.4 Å².